The van der Waals surface area contributed by atoms with Crippen molar-refractivity contribution in [2.45, 2.75) is 45.9 Å². The summed E-state index contributed by atoms with van der Waals surface area (Å²) in [7, 11) is 0. The molecule has 1 aromatic rings. The number of nitrogens with zero attached hydrogens (tertiary/aromatic N) is 1. The van der Waals surface area contributed by atoms with Gasteiger partial charge in [0.2, 0.25) is 5.91 Å². The van der Waals surface area contributed by atoms with Gasteiger partial charge < -0.3 is 20.3 Å². The first-order chi connectivity index (χ1) is 10.8. The lowest BCUT2D eigenvalue weighted by Crippen LogP contribution is -2.62. The van der Waals surface area contributed by atoms with Crippen LogP contribution < -0.4 is 15.4 Å². The number of nitrogens with one attached hydrogen (secondary N) is 2. The van der Waals surface area contributed by atoms with E-state index in [0.29, 0.717) is 13.1 Å². The fourth-order valence-electron chi connectivity index (χ4n) is 2.49. The minimum Gasteiger partial charge on any atom is -0.491 e. The second-order valence-corrected chi connectivity index (χ2v) is 6.21. The molecule has 1 heterocycles. The zero-order chi connectivity index (χ0) is 17.0. The number of likely N-dealkylation sites (tertiary alicyclic amines) is 1. The van der Waals surface area contributed by atoms with Gasteiger partial charge in [-0.05, 0) is 38.5 Å². The molecule has 1 aromatic carbocycles. The van der Waals surface area contributed by atoms with Gasteiger partial charge in [-0.15, -0.1) is 0 Å². The van der Waals surface area contributed by atoms with Crippen LogP contribution in [0.4, 0.5) is 4.79 Å². The van der Waals surface area contributed by atoms with Crippen LogP contribution in [0.15, 0.2) is 24.3 Å². The number of hydrogen-bond donors (Lipinski definition) is 2. The molecule has 0 aromatic heterocycles. The molecule has 2 rings (SSSR count). The highest BCUT2D eigenvalue weighted by Crippen LogP contribution is 2.19. The molecule has 0 spiro atoms. The maximum absolute atomic E-state index is 12.1. The van der Waals surface area contributed by atoms with Gasteiger partial charge in [-0.3, -0.25) is 4.79 Å². The SMILES string of the molecule is CC(=O)NC1CN(C(=O)NC(C)c2ccc(OC(C)C)cc2)C1. The summed E-state index contributed by atoms with van der Waals surface area (Å²) in [5.74, 6) is 0.760. The van der Waals surface area contributed by atoms with Gasteiger partial charge in [-0.25, -0.2) is 4.79 Å². The number of carbonyl (C=O) groups excluding carboxylic acids is 2. The predicted molar refractivity (Wildman–Crippen MR) is 88.3 cm³/mol. The van der Waals surface area contributed by atoms with Gasteiger partial charge in [0.15, 0.2) is 0 Å². The van der Waals surface area contributed by atoms with Gasteiger partial charge in [0, 0.05) is 20.0 Å². The molecule has 126 valence electrons. The lowest BCUT2D eigenvalue weighted by Gasteiger charge is -2.39. The van der Waals surface area contributed by atoms with E-state index in [4.69, 9.17) is 4.74 Å². The van der Waals surface area contributed by atoms with Crippen LogP contribution in [0.5, 0.6) is 5.75 Å². The quantitative estimate of drug-likeness (QED) is 0.873. The maximum Gasteiger partial charge on any atom is 0.318 e. The number of rotatable bonds is 5. The van der Waals surface area contributed by atoms with Crippen molar-refractivity contribution in [3.8, 4) is 5.75 Å². The Bertz CT molecular complexity index is 551. The van der Waals surface area contributed by atoms with Gasteiger partial charge in [0.25, 0.3) is 0 Å². The summed E-state index contributed by atoms with van der Waals surface area (Å²) in [6.45, 7) is 8.51. The van der Waals surface area contributed by atoms with Crippen molar-refractivity contribution in [1.82, 2.24) is 15.5 Å². The third-order valence-corrected chi connectivity index (χ3v) is 3.67. The average molecular weight is 319 g/mol. The summed E-state index contributed by atoms with van der Waals surface area (Å²) < 4.78 is 5.61. The molecular weight excluding hydrogens is 294 g/mol. The topological polar surface area (TPSA) is 70.7 Å². The number of carbonyl (C=O) groups is 2. The third-order valence-electron chi connectivity index (χ3n) is 3.67. The van der Waals surface area contributed by atoms with Crippen LogP contribution in [0.25, 0.3) is 0 Å². The third kappa shape index (κ3) is 4.87. The van der Waals surface area contributed by atoms with Gasteiger partial charge in [-0.2, -0.15) is 0 Å². The molecule has 23 heavy (non-hydrogen) atoms. The number of ether oxygens (including phenoxy) is 1. The molecular formula is C17H25N3O3. The summed E-state index contributed by atoms with van der Waals surface area (Å²) in [4.78, 5) is 24.8. The van der Waals surface area contributed by atoms with E-state index in [9.17, 15) is 9.59 Å². The van der Waals surface area contributed by atoms with Crippen LogP contribution in [0.3, 0.4) is 0 Å². The zero-order valence-corrected chi connectivity index (χ0v) is 14.1. The lowest BCUT2D eigenvalue weighted by molar-refractivity contribution is -0.120. The Kier molecular flexibility index (Phi) is 5.47. The van der Waals surface area contributed by atoms with Crippen LogP contribution in [-0.2, 0) is 4.79 Å². The van der Waals surface area contributed by atoms with Crippen molar-refractivity contribution < 1.29 is 14.3 Å². The van der Waals surface area contributed by atoms with Crippen molar-refractivity contribution in [3.05, 3.63) is 29.8 Å². The van der Waals surface area contributed by atoms with Gasteiger partial charge in [0.1, 0.15) is 5.75 Å². The van der Waals surface area contributed by atoms with Gasteiger partial charge in [0.05, 0.1) is 18.2 Å². The van der Waals surface area contributed by atoms with Crippen LogP contribution in [-0.4, -0.2) is 42.1 Å². The first kappa shape index (κ1) is 17.1. The van der Waals surface area contributed by atoms with Gasteiger partial charge in [-0.1, -0.05) is 12.1 Å². The number of amides is 3. The van der Waals surface area contributed by atoms with E-state index in [-0.39, 0.29) is 30.1 Å². The Hall–Kier alpha value is -2.24. The van der Waals surface area contributed by atoms with Crippen LogP contribution in [0, 0.1) is 0 Å². The van der Waals surface area contributed by atoms with E-state index in [1.54, 1.807) is 4.90 Å². The Morgan fingerprint density at radius 3 is 2.30 bits per heavy atom. The molecule has 6 nitrogen and oxygen atoms in total. The monoisotopic (exact) mass is 319 g/mol. The highest BCUT2D eigenvalue weighted by Gasteiger charge is 2.31. The molecule has 0 aliphatic carbocycles. The summed E-state index contributed by atoms with van der Waals surface area (Å²) in [5, 5.41) is 5.76. The Balaban J connectivity index is 1.81. The van der Waals surface area contributed by atoms with Crippen molar-refractivity contribution in [2.24, 2.45) is 0 Å². The van der Waals surface area contributed by atoms with E-state index in [0.717, 1.165) is 11.3 Å². The molecule has 6 heteroatoms. The standard InChI is InChI=1S/C17H25N3O3/c1-11(2)23-16-7-5-14(6-8-16)12(3)18-17(22)20-9-15(10-20)19-13(4)21/h5-8,11-12,15H,9-10H2,1-4H3,(H,18,22)(H,19,21). The minimum atomic E-state index is -0.110. The Morgan fingerprint density at radius 2 is 1.78 bits per heavy atom. The molecule has 0 saturated carbocycles. The highest BCUT2D eigenvalue weighted by molar-refractivity contribution is 5.77. The van der Waals surface area contributed by atoms with E-state index in [1.165, 1.54) is 6.92 Å². The smallest absolute Gasteiger partial charge is 0.318 e. The van der Waals surface area contributed by atoms with E-state index < -0.39 is 0 Å². The first-order valence-electron chi connectivity index (χ1n) is 7.94. The molecule has 0 radical (unpaired) electrons. The molecule has 1 atom stereocenters. The predicted octanol–water partition coefficient (Wildman–Crippen LogP) is 2.06. The molecule has 1 aliphatic heterocycles. The molecule has 1 saturated heterocycles. The van der Waals surface area contributed by atoms with Crippen molar-refractivity contribution in [2.75, 3.05) is 13.1 Å². The minimum absolute atomic E-state index is 0.0628. The van der Waals surface area contributed by atoms with Crippen LogP contribution in [0.2, 0.25) is 0 Å². The number of benzene rings is 1. The van der Waals surface area contributed by atoms with E-state index in [1.807, 2.05) is 45.0 Å². The second kappa shape index (κ2) is 7.35. The van der Waals surface area contributed by atoms with Crippen LogP contribution in [0.1, 0.15) is 39.3 Å². The highest BCUT2D eigenvalue weighted by atomic mass is 16.5. The summed E-state index contributed by atoms with van der Waals surface area (Å²) in [6.07, 6.45) is 0.140. The summed E-state index contributed by atoms with van der Waals surface area (Å²) in [5.41, 5.74) is 1.02. The first-order valence-corrected chi connectivity index (χ1v) is 7.94. The maximum atomic E-state index is 12.1. The second-order valence-electron chi connectivity index (χ2n) is 6.21. The average Bonchev–Trinajstić information content (AvgIpc) is 2.42. The molecule has 1 fully saturated rings. The molecule has 1 aliphatic rings. The van der Waals surface area contributed by atoms with Crippen molar-refractivity contribution in [3.63, 3.8) is 0 Å². The van der Waals surface area contributed by atoms with Crippen LogP contribution >= 0.6 is 0 Å². The Labute approximate surface area is 137 Å². The fraction of sp³-hybridized carbons (Fsp3) is 0.529. The van der Waals surface area contributed by atoms with Crippen molar-refractivity contribution >= 4 is 11.9 Å². The van der Waals surface area contributed by atoms with E-state index in [2.05, 4.69) is 10.6 Å². The molecule has 2 N–H and O–H groups in total. The van der Waals surface area contributed by atoms with Gasteiger partial charge >= 0.3 is 6.03 Å². The Morgan fingerprint density at radius 1 is 1.17 bits per heavy atom. The normalized spacial score (nSPS) is 15.8. The fourth-order valence-corrected chi connectivity index (χ4v) is 2.49. The van der Waals surface area contributed by atoms with E-state index >= 15 is 0 Å². The summed E-state index contributed by atoms with van der Waals surface area (Å²) >= 11 is 0. The lowest BCUT2D eigenvalue weighted by atomic mass is 10.1. The molecule has 0 bridgehead atoms. The largest absolute Gasteiger partial charge is 0.491 e. The number of hydrogen-bond acceptors (Lipinski definition) is 3. The molecule has 3 amide bonds. The number of urea groups is 1. The van der Waals surface area contributed by atoms with Crippen molar-refractivity contribution in [1.29, 1.82) is 0 Å². The summed E-state index contributed by atoms with van der Waals surface area (Å²) in [6, 6.07) is 7.61. The zero-order valence-electron chi connectivity index (χ0n) is 14.1. The molecule has 1 unspecified atom stereocenters.